The zero-order chi connectivity index (χ0) is 35.0. The van der Waals surface area contributed by atoms with Crippen LogP contribution in [0.3, 0.4) is 0 Å². The van der Waals surface area contributed by atoms with E-state index in [0.29, 0.717) is 19.3 Å². The first-order chi connectivity index (χ1) is 22.6. The monoisotopic (exact) mass is 683 g/mol. The van der Waals surface area contributed by atoms with Crippen molar-refractivity contribution in [2.45, 2.75) is 122 Å². The van der Waals surface area contributed by atoms with Crippen molar-refractivity contribution in [1.82, 2.24) is 5.32 Å². The number of rotatable bonds is 30. The Bertz CT molecular complexity index is 1040. The third-order valence-electron chi connectivity index (χ3n) is 6.57. The quantitative estimate of drug-likeness (QED) is 0.0262. The van der Waals surface area contributed by atoms with Crippen LogP contribution in [0.25, 0.3) is 0 Å². The molecule has 0 aliphatic rings. The van der Waals surface area contributed by atoms with Crippen LogP contribution >= 0.6 is 7.82 Å². The predicted molar refractivity (Wildman–Crippen MR) is 185 cm³/mol. The molecule has 12 heteroatoms. The van der Waals surface area contributed by atoms with Crippen LogP contribution in [-0.4, -0.2) is 64.9 Å². The lowest BCUT2D eigenvalue weighted by Crippen LogP contribution is -2.43. The fourth-order valence-corrected chi connectivity index (χ4v) is 4.71. The average molecular weight is 684 g/mol. The second-order valence-corrected chi connectivity index (χ2v) is 12.4. The number of unbranched alkanes of at least 4 members (excludes halogenated alkanes) is 6. The summed E-state index contributed by atoms with van der Waals surface area (Å²) in [5, 5.41) is 21.5. The smallest absolute Gasteiger partial charge is 0.472 e. The molecule has 0 aromatic carbocycles. The zero-order valence-corrected chi connectivity index (χ0v) is 29.2. The number of phosphoric ester groups is 1. The van der Waals surface area contributed by atoms with Gasteiger partial charge >= 0.3 is 19.8 Å². The molecular formula is C35H58NO10P. The van der Waals surface area contributed by atoms with Gasteiger partial charge in [0.15, 0.2) is 6.04 Å². The highest BCUT2D eigenvalue weighted by atomic mass is 31.2. The molecule has 0 aliphatic heterocycles. The molecule has 0 radical (unpaired) electrons. The van der Waals surface area contributed by atoms with E-state index in [0.717, 1.165) is 64.2 Å². The van der Waals surface area contributed by atoms with Gasteiger partial charge in [-0.25, -0.2) is 9.36 Å². The summed E-state index contributed by atoms with van der Waals surface area (Å²) in [7, 11) is -4.76. The molecular weight excluding hydrogens is 625 g/mol. The first kappa shape index (κ1) is 44.2. The van der Waals surface area contributed by atoms with Crippen molar-refractivity contribution in [3.05, 3.63) is 60.8 Å². The molecule has 3 atom stereocenters. The van der Waals surface area contributed by atoms with E-state index in [4.69, 9.17) is 9.26 Å². The molecule has 0 spiro atoms. The van der Waals surface area contributed by atoms with Crippen molar-refractivity contribution in [3.63, 3.8) is 0 Å². The normalized spacial score (nSPS) is 14.8. The highest BCUT2D eigenvalue weighted by Gasteiger charge is 2.28. The predicted octanol–water partition coefficient (Wildman–Crippen LogP) is 7.27. The van der Waals surface area contributed by atoms with Gasteiger partial charge < -0.3 is 25.2 Å². The molecule has 0 rings (SSSR count). The molecule has 3 unspecified atom stereocenters. The Hall–Kier alpha value is -2.82. The van der Waals surface area contributed by atoms with Gasteiger partial charge in [-0.3, -0.25) is 18.6 Å². The number of carboxylic acids is 1. The van der Waals surface area contributed by atoms with E-state index < -0.39 is 57.6 Å². The van der Waals surface area contributed by atoms with E-state index in [9.17, 15) is 34.1 Å². The molecule has 0 aromatic rings. The van der Waals surface area contributed by atoms with Crippen LogP contribution in [0.5, 0.6) is 0 Å². The Kier molecular flexibility index (Phi) is 28.7. The standard InChI is InChI=1S/C35H58NO10P/c1-3-5-7-9-11-12-13-14-15-16-17-18-19-20-21-22-24-26-33(38)36-32(35(40)41)30-46-47(42,43)45-29-31(37)28-44-34(39)27-25-23-10-8-6-4-2/h5,7,11-12,14-15,17-18,20-21,31-32,37H,3-4,6,8-10,13,16,19,22-30H2,1-2H3,(H,36,38)(H,40,41)(H,42,43)/b7-5-,12-11-,15-14-,18-17-,21-20-. The number of allylic oxidation sites excluding steroid dienone is 10. The summed E-state index contributed by atoms with van der Waals surface area (Å²) in [6, 6.07) is -1.58. The fourth-order valence-electron chi connectivity index (χ4n) is 3.94. The summed E-state index contributed by atoms with van der Waals surface area (Å²) in [6.45, 7) is 2.30. The lowest BCUT2D eigenvalue weighted by Gasteiger charge is -2.18. The van der Waals surface area contributed by atoms with Crippen molar-refractivity contribution < 1.29 is 47.8 Å². The summed E-state index contributed by atoms with van der Waals surface area (Å²) < 4.78 is 26.5. The topological polar surface area (TPSA) is 169 Å². The van der Waals surface area contributed by atoms with Crippen LogP contribution in [-0.2, 0) is 32.7 Å². The SMILES string of the molecule is CC/C=C\C/C=C\C/C=C\C/C=C\C/C=C\CCCC(=O)NC(COP(=O)(O)OCC(O)COC(=O)CCCCCCCC)C(=O)O. The van der Waals surface area contributed by atoms with Gasteiger partial charge in [-0.05, 0) is 51.4 Å². The van der Waals surface area contributed by atoms with Gasteiger partial charge in [0.25, 0.3) is 0 Å². The van der Waals surface area contributed by atoms with E-state index in [1.165, 1.54) is 0 Å². The third kappa shape index (κ3) is 30.3. The lowest BCUT2D eigenvalue weighted by molar-refractivity contribution is -0.147. The minimum atomic E-state index is -4.76. The minimum Gasteiger partial charge on any atom is -0.480 e. The Labute approximate surface area is 281 Å². The maximum absolute atomic E-state index is 12.2. The van der Waals surface area contributed by atoms with Crippen molar-refractivity contribution in [2.75, 3.05) is 19.8 Å². The molecule has 0 bridgehead atoms. The average Bonchev–Trinajstić information content (AvgIpc) is 3.04. The summed E-state index contributed by atoms with van der Waals surface area (Å²) in [5.41, 5.74) is 0. The van der Waals surface area contributed by atoms with Gasteiger partial charge in [-0.1, -0.05) is 107 Å². The van der Waals surface area contributed by atoms with Crippen molar-refractivity contribution in [3.8, 4) is 0 Å². The first-order valence-electron chi connectivity index (χ1n) is 16.8. The molecule has 0 saturated heterocycles. The molecule has 47 heavy (non-hydrogen) atoms. The highest BCUT2D eigenvalue weighted by Crippen LogP contribution is 2.43. The van der Waals surface area contributed by atoms with E-state index in [1.54, 1.807) is 0 Å². The molecule has 0 aliphatic carbocycles. The number of hydrogen-bond donors (Lipinski definition) is 4. The van der Waals surface area contributed by atoms with Gasteiger partial charge in [0.05, 0.1) is 13.2 Å². The van der Waals surface area contributed by atoms with Crippen LogP contribution in [0, 0.1) is 0 Å². The summed E-state index contributed by atoms with van der Waals surface area (Å²) in [5.74, 6) is -2.48. The number of aliphatic hydroxyl groups excluding tert-OH is 1. The van der Waals surface area contributed by atoms with E-state index >= 15 is 0 Å². The largest absolute Gasteiger partial charge is 0.480 e. The number of carbonyl (C=O) groups is 3. The van der Waals surface area contributed by atoms with E-state index in [2.05, 4.69) is 72.3 Å². The lowest BCUT2D eigenvalue weighted by atomic mass is 10.1. The number of esters is 1. The number of carboxylic acid groups (broad SMARTS) is 1. The molecule has 1 amide bonds. The maximum atomic E-state index is 12.2. The molecule has 4 N–H and O–H groups in total. The Balaban J connectivity index is 4.15. The van der Waals surface area contributed by atoms with Gasteiger partial charge in [0.2, 0.25) is 5.91 Å². The summed E-state index contributed by atoms with van der Waals surface area (Å²) in [6.07, 6.45) is 31.6. The molecule has 11 nitrogen and oxygen atoms in total. The summed E-state index contributed by atoms with van der Waals surface area (Å²) >= 11 is 0. The number of carbonyl (C=O) groups excluding carboxylic acids is 2. The van der Waals surface area contributed by atoms with Gasteiger partial charge in [-0.2, -0.15) is 0 Å². The van der Waals surface area contributed by atoms with E-state index in [1.807, 2.05) is 12.2 Å². The van der Waals surface area contributed by atoms with E-state index in [-0.39, 0.29) is 12.8 Å². The third-order valence-corrected chi connectivity index (χ3v) is 7.52. The fraction of sp³-hybridized carbons (Fsp3) is 0.629. The van der Waals surface area contributed by atoms with Crippen LogP contribution in [0.15, 0.2) is 60.8 Å². The molecule has 0 fully saturated rings. The van der Waals surface area contributed by atoms with Crippen LogP contribution < -0.4 is 5.32 Å². The number of hydrogen-bond acceptors (Lipinski definition) is 8. The Morgan fingerprint density at radius 1 is 0.702 bits per heavy atom. The van der Waals surface area contributed by atoms with Crippen LogP contribution in [0.2, 0.25) is 0 Å². The minimum absolute atomic E-state index is 0.0646. The van der Waals surface area contributed by atoms with Crippen molar-refractivity contribution in [2.24, 2.45) is 0 Å². The number of amides is 1. The maximum Gasteiger partial charge on any atom is 0.472 e. The number of phosphoric acid groups is 1. The number of aliphatic hydroxyl groups is 1. The molecule has 0 aromatic heterocycles. The van der Waals surface area contributed by atoms with Crippen molar-refractivity contribution >= 4 is 25.7 Å². The highest BCUT2D eigenvalue weighted by molar-refractivity contribution is 7.47. The van der Waals surface area contributed by atoms with Crippen LogP contribution in [0.1, 0.15) is 110 Å². The van der Waals surface area contributed by atoms with Crippen LogP contribution in [0.4, 0.5) is 0 Å². The number of aliphatic carboxylic acids is 1. The van der Waals surface area contributed by atoms with Crippen molar-refractivity contribution in [1.29, 1.82) is 0 Å². The second kappa shape index (κ2) is 30.5. The van der Waals surface area contributed by atoms with Gasteiger partial charge in [0, 0.05) is 12.8 Å². The molecule has 0 saturated carbocycles. The van der Waals surface area contributed by atoms with Gasteiger partial charge in [0.1, 0.15) is 12.7 Å². The molecule has 0 heterocycles. The Morgan fingerprint density at radius 2 is 1.23 bits per heavy atom. The second-order valence-electron chi connectivity index (χ2n) is 11.0. The molecule has 268 valence electrons. The number of ether oxygens (including phenoxy) is 1. The first-order valence-corrected chi connectivity index (χ1v) is 18.3. The summed E-state index contributed by atoms with van der Waals surface area (Å²) in [4.78, 5) is 45.3. The number of nitrogens with one attached hydrogen (secondary N) is 1. The van der Waals surface area contributed by atoms with Gasteiger partial charge in [-0.15, -0.1) is 0 Å². The Morgan fingerprint density at radius 3 is 1.81 bits per heavy atom. The zero-order valence-electron chi connectivity index (χ0n) is 28.3.